The molecule has 0 fully saturated rings. The standard InChI is InChI=1S/C14H18O3S/c1-14(2,3)8-11(15)9-18-12-6-4-10(5-7-12)13(16)17/h4-7H,8-9H2,1-3H3,(H,16,17). The van der Waals surface area contributed by atoms with Gasteiger partial charge in [-0.15, -0.1) is 11.8 Å². The third kappa shape index (κ3) is 5.36. The normalized spacial score (nSPS) is 11.3. The molecule has 0 saturated carbocycles. The summed E-state index contributed by atoms with van der Waals surface area (Å²) >= 11 is 1.45. The van der Waals surface area contributed by atoms with E-state index >= 15 is 0 Å². The fraction of sp³-hybridized carbons (Fsp3) is 0.429. The van der Waals surface area contributed by atoms with Crippen LogP contribution < -0.4 is 0 Å². The van der Waals surface area contributed by atoms with Gasteiger partial charge in [0.1, 0.15) is 5.78 Å². The lowest BCUT2D eigenvalue weighted by Crippen LogP contribution is -2.14. The molecule has 1 rings (SSSR count). The quantitative estimate of drug-likeness (QED) is 0.829. The zero-order valence-electron chi connectivity index (χ0n) is 10.9. The van der Waals surface area contributed by atoms with Crippen LogP contribution in [0.2, 0.25) is 0 Å². The van der Waals surface area contributed by atoms with Crippen molar-refractivity contribution in [1.82, 2.24) is 0 Å². The lowest BCUT2D eigenvalue weighted by Gasteiger charge is -2.16. The van der Waals surface area contributed by atoms with E-state index in [1.165, 1.54) is 11.8 Å². The third-order valence-corrected chi connectivity index (χ3v) is 3.30. The monoisotopic (exact) mass is 266 g/mol. The van der Waals surface area contributed by atoms with Crippen molar-refractivity contribution in [3.05, 3.63) is 29.8 Å². The van der Waals surface area contributed by atoms with Crippen LogP contribution in [-0.4, -0.2) is 22.6 Å². The lowest BCUT2D eigenvalue weighted by atomic mass is 9.90. The molecular formula is C14H18O3S. The van der Waals surface area contributed by atoms with Gasteiger partial charge in [-0.25, -0.2) is 4.79 Å². The molecule has 0 amide bonds. The van der Waals surface area contributed by atoms with Crippen LogP contribution in [0, 0.1) is 5.41 Å². The number of carboxylic acid groups (broad SMARTS) is 1. The average molecular weight is 266 g/mol. The van der Waals surface area contributed by atoms with Crippen LogP contribution in [0.25, 0.3) is 0 Å². The highest BCUT2D eigenvalue weighted by atomic mass is 32.2. The minimum absolute atomic E-state index is 0.0187. The molecule has 0 bridgehead atoms. The molecule has 1 aromatic carbocycles. The second-order valence-corrected chi connectivity index (χ2v) is 6.44. The maximum Gasteiger partial charge on any atom is 0.335 e. The number of benzene rings is 1. The second-order valence-electron chi connectivity index (χ2n) is 5.39. The highest BCUT2D eigenvalue weighted by molar-refractivity contribution is 8.00. The maximum atomic E-state index is 11.7. The van der Waals surface area contributed by atoms with E-state index in [1.807, 2.05) is 20.8 Å². The number of carboxylic acids is 1. The summed E-state index contributed by atoms with van der Waals surface area (Å²) in [6.45, 7) is 6.12. The molecule has 98 valence electrons. The Bertz CT molecular complexity index is 429. The molecule has 3 nitrogen and oxygen atoms in total. The van der Waals surface area contributed by atoms with Crippen molar-refractivity contribution in [2.45, 2.75) is 32.1 Å². The highest BCUT2D eigenvalue weighted by Crippen LogP contribution is 2.23. The van der Waals surface area contributed by atoms with Crippen molar-refractivity contribution in [2.75, 3.05) is 5.75 Å². The number of aromatic carboxylic acids is 1. The van der Waals surface area contributed by atoms with Crippen molar-refractivity contribution >= 4 is 23.5 Å². The van der Waals surface area contributed by atoms with E-state index in [-0.39, 0.29) is 16.8 Å². The maximum absolute atomic E-state index is 11.7. The Morgan fingerprint density at radius 2 is 1.72 bits per heavy atom. The zero-order chi connectivity index (χ0) is 13.8. The van der Waals surface area contributed by atoms with Gasteiger partial charge in [0.15, 0.2) is 0 Å². The number of ketones is 1. The van der Waals surface area contributed by atoms with Crippen molar-refractivity contribution in [2.24, 2.45) is 5.41 Å². The third-order valence-electron chi connectivity index (χ3n) is 2.23. The second kappa shape index (κ2) is 6.05. The van der Waals surface area contributed by atoms with E-state index in [9.17, 15) is 9.59 Å². The Morgan fingerprint density at radius 1 is 1.17 bits per heavy atom. The molecule has 0 saturated heterocycles. The number of carbonyl (C=O) groups is 2. The van der Waals surface area contributed by atoms with Crippen LogP contribution in [-0.2, 0) is 4.79 Å². The summed E-state index contributed by atoms with van der Waals surface area (Å²) in [7, 11) is 0. The van der Waals surface area contributed by atoms with E-state index in [2.05, 4.69) is 0 Å². The Labute approximate surface area is 112 Å². The zero-order valence-corrected chi connectivity index (χ0v) is 11.7. The molecule has 1 N–H and O–H groups in total. The first-order chi connectivity index (χ1) is 8.28. The minimum Gasteiger partial charge on any atom is -0.478 e. The number of carbonyl (C=O) groups excluding carboxylic acids is 1. The molecule has 0 atom stereocenters. The van der Waals surface area contributed by atoms with Gasteiger partial charge in [0.05, 0.1) is 11.3 Å². The summed E-state index contributed by atoms with van der Waals surface area (Å²) < 4.78 is 0. The predicted octanol–water partition coefficient (Wildman–Crippen LogP) is 3.48. The van der Waals surface area contributed by atoms with Crippen LogP contribution in [0.5, 0.6) is 0 Å². The van der Waals surface area contributed by atoms with Gasteiger partial charge in [0.2, 0.25) is 0 Å². The lowest BCUT2D eigenvalue weighted by molar-refractivity contribution is -0.118. The van der Waals surface area contributed by atoms with E-state index in [0.29, 0.717) is 12.2 Å². The number of rotatable bonds is 5. The van der Waals surface area contributed by atoms with Gasteiger partial charge in [0.25, 0.3) is 0 Å². The first-order valence-electron chi connectivity index (χ1n) is 5.76. The summed E-state index contributed by atoms with van der Waals surface area (Å²) in [6.07, 6.45) is 0.563. The first-order valence-corrected chi connectivity index (χ1v) is 6.74. The van der Waals surface area contributed by atoms with Crippen molar-refractivity contribution < 1.29 is 14.7 Å². The Kier molecular flexibility index (Phi) is 4.96. The molecule has 0 spiro atoms. The van der Waals surface area contributed by atoms with Crippen molar-refractivity contribution in [3.8, 4) is 0 Å². The summed E-state index contributed by atoms with van der Waals surface area (Å²) in [6, 6.07) is 6.58. The molecule has 18 heavy (non-hydrogen) atoms. The molecule has 0 aliphatic carbocycles. The number of hydrogen-bond acceptors (Lipinski definition) is 3. The van der Waals surface area contributed by atoms with Crippen LogP contribution in [0.3, 0.4) is 0 Å². The molecule has 4 heteroatoms. The smallest absolute Gasteiger partial charge is 0.335 e. The molecule has 0 aromatic heterocycles. The number of Topliss-reactive ketones (excluding diaryl/α,β-unsaturated/α-hetero) is 1. The molecule has 0 radical (unpaired) electrons. The average Bonchev–Trinajstić information content (AvgIpc) is 2.24. The van der Waals surface area contributed by atoms with E-state index < -0.39 is 5.97 Å². The van der Waals surface area contributed by atoms with Crippen LogP contribution >= 0.6 is 11.8 Å². The summed E-state index contributed by atoms with van der Waals surface area (Å²) in [5.41, 5.74) is 0.283. The van der Waals surface area contributed by atoms with E-state index in [0.717, 1.165) is 4.90 Å². The van der Waals surface area contributed by atoms with Gasteiger partial charge in [0, 0.05) is 11.3 Å². The van der Waals surface area contributed by atoms with Gasteiger partial charge >= 0.3 is 5.97 Å². The van der Waals surface area contributed by atoms with Gasteiger partial charge in [-0.2, -0.15) is 0 Å². The minimum atomic E-state index is -0.935. The SMILES string of the molecule is CC(C)(C)CC(=O)CSc1ccc(C(=O)O)cc1. The molecule has 0 heterocycles. The van der Waals surface area contributed by atoms with Crippen molar-refractivity contribution in [1.29, 1.82) is 0 Å². The van der Waals surface area contributed by atoms with Crippen LogP contribution in [0.4, 0.5) is 0 Å². The fourth-order valence-corrected chi connectivity index (χ4v) is 2.26. The first kappa shape index (κ1) is 14.8. The van der Waals surface area contributed by atoms with Gasteiger partial charge in [-0.1, -0.05) is 20.8 Å². The molecule has 0 aliphatic heterocycles. The molecule has 0 unspecified atom stereocenters. The molecule has 1 aromatic rings. The summed E-state index contributed by atoms with van der Waals surface area (Å²) in [4.78, 5) is 23.3. The Morgan fingerprint density at radius 3 is 2.17 bits per heavy atom. The summed E-state index contributed by atoms with van der Waals surface area (Å²) in [5, 5.41) is 8.76. The van der Waals surface area contributed by atoms with Crippen LogP contribution in [0.15, 0.2) is 29.2 Å². The molecular weight excluding hydrogens is 248 g/mol. The fourth-order valence-electron chi connectivity index (χ4n) is 1.50. The Balaban J connectivity index is 2.49. The Hall–Kier alpha value is -1.29. The number of hydrogen-bond donors (Lipinski definition) is 1. The van der Waals surface area contributed by atoms with E-state index in [4.69, 9.17) is 5.11 Å². The predicted molar refractivity (Wildman–Crippen MR) is 73.2 cm³/mol. The largest absolute Gasteiger partial charge is 0.478 e. The highest BCUT2D eigenvalue weighted by Gasteiger charge is 2.15. The van der Waals surface area contributed by atoms with Gasteiger partial charge < -0.3 is 5.11 Å². The van der Waals surface area contributed by atoms with Gasteiger partial charge in [-0.3, -0.25) is 4.79 Å². The van der Waals surface area contributed by atoms with E-state index in [1.54, 1.807) is 24.3 Å². The number of thioether (sulfide) groups is 1. The topological polar surface area (TPSA) is 54.4 Å². The van der Waals surface area contributed by atoms with Crippen molar-refractivity contribution in [3.63, 3.8) is 0 Å². The summed E-state index contributed by atoms with van der Waals surface area (Å²) in [5.74, 6) is -0.283. The van der Waals surface area contributed by atoms with Gasteiger partial charge in [-0.05, 0) is 29.7 Å². The molecule has 0 aliphatic rings. The van der Waals surface area contributed by atoms with Crippen LogP contribution in [0.1, 0.15) is 37.6 Å².